The van der Waals surface area contributed by atoms with Crippen molar-refractivity contribution in [2.45, 2.75) is 53.5 Å². The largest absolute Gasteiger partial charge is 0.356 e. The molecule has 1 atom stereocenters. The van der Waals surface area contributed by atoms with Gasteiger partial charge >= 0.3 is 0 Å². The molecule has 3 heteroatoms. The molecular weight excluding hydrogens is 258 g/mol. The van der Waals surface area contributed by atoms with Crippen molar-refractivity contribution < 1.29 is 0 Å². The van der Waals surface area contributed by atoms with Crippen molar-refractivity contribution in [2.24, 2.45) is 11.8 Å². The molecule has 0 amide bonds. The van der Waals surface area contributed by atoms with Gasteiger partial charge in [0.25, 0.3) is 0 Å². The van der Waals surface area contributed by atoms with E-state index in [9.17, 15) is 0 Å². The van der Waals surface area contributed by atoms with Crippen LogP contribution < -0.4 is 10.2 Å². The van der Waals surface area contributed by atoms with Gasteiger partial charge in [0, 0.05) is 25.3 Å². The van der Waals surface area contributed by atoms with Gasteiger partial charge in [0.15, 0.2) is 0 Å². The Balaban J connectivity index is 2.09. The molecule has 21 heavy (non-hydrogen) atoms. The third-order valence-corrected chi connectivity index (χ3v) is 4.06. The summed E-state index contributed by atoms with van der Waals surface area (Å²) < 4.78 is 0. The van der Waals surface area contributed by atoms with E-state index < -0.39 is 0 Å². The number of rotatable bonds is 7. The molecule has 1 fully saturated rings. The van der Waals surface area contributed by atoms with Gasteiger partial charge in [0.2, 0.25) is 0 Å². The summed E-state index contributed by atoms with van der Waals surface area (Å²) in [6, 6.07) is 4.56. The van der Waals surface area contributed by atoms with Crippen LogP contribution in [-0.4, -0.2) is 24.6 Å². The second-order valence-electron chi connectivity index (χ2n) is 6.94. The lowest BCUT2D eigenvalue weighted by molar-refractivity contribution is 0.552. The summed E-state index contributed by atoms with van der Waals surface area (Å²) in [5.41, 5.74) is 2.62. The predicted octanol–water partition coefficient (Wildman–Crippen LogP) is 3.63. The van der Waals surface area contributed by atoms with Crippen molar-refractivity contribution in [3.63, 3.8) is 0 Å². The first kappa shape index (κ1) is 16.3. The molecule has 3 nitrogen and oxygen atoms in total. The minimum absolute atomic E-state index is 0.695. The third-order valence-electron chi connectivity index (χ3n) is 4.06. The Morgan fingerprint density at radius 1 is 1.38 bits per heavy atom. The van der Waals surface area contributed by atoms with Gasteiger partial charge in [0.1, 0.15) is 5.82 Å². The van der Waals surface area contributed by atoms with Crippen LogP contribution in [0.5, 0.6) is 0 Å². The number of nitrogens with one attached hydrogen (secondary N) is 1. The van der Waals surface area contributed by atoms with E-state index in [0.717, 1.165) is 44.9 Å². The molecule has 0 radical (unpaired) electrons. The van der Waals surface area contributed by atoms with E-state index in [-0.39, 0.29) is 0 Å². The normalized spacial score (nSPS) is 18.7. The zero-order valence-electron chi connectivity index (χ0n) is 14.2. The molecule has 0 aromatic carbocycles. The number of nitrogens with zero attached hydrogens (tertiary/aromatic N) is 2. The van der Waals surface area contributed by atoms with Crippen LogP contribution in [0.1, 0.15) is 51.8 Å². The van der Waals surface area contributed by atoms with Crippen LogP contribution >= 0.6 is 0 Å². The van der Waals surface area contributed by atoms with Crippen LogP contribution in [0.4, 0.5) is 5.82 Å². The summed E-state index contributed by atoms with van der Waals surface area (Å²) in [5, 5.41) is 3.55. The zero-order valence-corrected chi connectivity index (χ0v) is 14.2. The average molecular weight is 289 g/mol. The van der Waals surface area contributed by atoms with Gasteiger partial charge in [-0.1, -0.05) is 34.1 Å². The number of anilines is 1. The van der Waals surface area contributed by atoms with Crippen LogP contribution in [0.3, 0.4) is 0 Å². The lowest BCUT2D eigenvalue weighted by Gasteiger charge is -2.19. The van der Waals surface area contributed by atoms with Crippen LogP contribution in [0.2, 0.25) is 0 Å². The Hall–Kier alpha value is -1.09. The highest BCUT2D eigenvalue weighted by atomic mass is 15.2. The maximum atomic E-state index is 4.88. The molecular formula is C18H31N3. The number of hydrogen-bond acceptors (Lipinski definition) is 3. The SMILES string of the molecule is CCCc1cc(CNCC(C)C)cc(N2CCC(C)C2)n1. The highest BCUT2D eigenvalue weighted by Gasteiger charge is 2.20. The lowest BCUT2D eigenvalue weighted by atomic mass is 10.1. The van der Waals surface area contributed by atoms with Crippen LogP contribution in [-0.2, 0) is 13.0 Å². The topological polar surface area (TPSA) is 28.2 Å². The Morgan fingerprint density at radius 3 is 2.81 bits per heavy atom. The van der Waals surface area contributed by atoms with E-state index in [1.54, 1.807) is 0 Å². The first-order valence-electron chi connectivity index (χ1n) is 8.54. The van der Waals surface area contributed by atoms with Crippen molar-refractivity contribution >= 4 is 5.82 Å². The minimum Gasteiger partial charge on any atom is -0.356 e. The first-order chi connectivity index (χ1) is 10.1. The van der Waals surface area contributed by atoms with E-state index >= 15 is 0 Å². The monoisotopic (exact) mass is 289 g/mol. The third kappa shape index (κ3) is 4.99. The van der Waals surface area contributed by atoms with Gasteiger partial charge in [-0.2, -0.15) is 0 Å². The average Bonchev–Trinajstić information content (AvgIpc) is 2.85. The van der Waals surface area contributed by atoms with E-state index in [1.807, 2.05) is 0 Å². The molecule has 118 valence electrons. The quantitative estimate of drug-likeness (QED) is 0.831. The van der Waals surface area contributed by atoms with Gasteiger partial charge in [0.05, 0.1) is 0 Å². The van der Waals surface area contributed by atoms with Crippen molar-refractivity contribution in [3.8, 4) is 0 Å². The number of aryl methyl sites for hydroxylation is 1. The van der Waals surface area contributed by atoms with E-state index in [4.69, 9.17) is 4.98 Å². The summed E-state index contributed by atoms with van der Waals surface area (Å²) in [7, 11) is 0. The van der Waals surface area contributed by atoms with Crippen LogP contribution in [0, 0.1) is 11.8 Å². The smallest absolute Gasteiger partial charge is 0.129 e. The highest BCUT2D eigenvalue weighted by Crippen LogP contribution is 2.23. The fourth-order valence-electron chi connectivity index (χ4n) is 2.93. The van der Waals surface area contributed by atoms with Gasteiger partial charge in [-0.25, -0.2) is 4.98 Å². The maximum absolute atomic E-state index is 4.88. The van der Waals surface area contributed by atoms with Crippen LogP contribution in [0.15, 0.2) is 12.1 Å². The van der Waals surface area contributed by atoms with Gasteiger partial charge in [-0.15, -0.1) is 0 Å². The summed E-state index contributed by atoms with van der Waals surface area (Å²) in [6.45, 7) is 13.4. The summed E-state index contributed by atoms with van der Waals surface area (Å²) in [5.74, 6) is 2.68. The molecule has 0 saturated carbocycles. The second-order valence-corrected chi connectivity index (χ2v) is 6.94. The lowest BCUT2D eigenvalue weighted by Crippen LogP contribution is -2.22. The second kappa shape index (κ2) is 7.79. The maximum Gasteiger partial charge on any atom is 0.129 e. The number of hydrogen-bond donors (Lipinski definition) is 1. The van der Waals surface area contributed by atoms with Gasteiger partial charge < -0.3 is 10.2 Å². The Bertz CT molecular complexity index is 442. The summed E-state index contributed by atoms with van der Waals surface area (Å²) in [6.07, 6.45) is 3.53. The standard InChI is InChI=1S/C18H31N3/c1-5-6-17-9-16(12-19-11-14(2)3)10-18(20-17)21-8-7-15(4)13-21/h9-10,14-15,19H,5-8,11-13H2,1-4H3. The highest BCUT2D eigenvalue weighted by molar-refractivity contribution is 5.44. The molecule has 0 spiro atoms. The molecule has 1 saturated heterocycles. The Kier molecular flexibility index (Phi) is 6.04. The molecule has 1 aromatic heterocycles. The van der Waals surface area contributed by atoms with Crippen molar-refractivity contribution in [1.82, 2.24) is 10.3 Å². The molecule has 1 unspecified atom stereocenters. The predicted molar refractivity (Wildman–Crippen MR) is 90.8 cm³/mol. The van der Waals surface area contributed by atoms with E-state index in [2.05, 4.69) is 50.0 Å². The first-order valence-corrected chi connectivity index (χ1v) is 8.54. The van der Waals surface area contributed by atoms with Gasteiger partial charge in [-0.3, -0.25) is 0 Å². The number of aromatic nitrogens is 1. The molecule has 0 aliphatic carbocycles. The fourth-order valence-corrected chi connectivity index (χ4v) is 2.93. The van der Waals surface area contributed by atoms with Crippen molar-refractivity contribution in [2.75, 3.05) is 24.5 Å². The number of pyridine rings is 1. The fraction of sp³-hybridized carbons (Fsp3) is 0.722. The van der Waals surface area contributed by atoms with Crippen molar-refractivity contribution in [1.29, 1.82) is 0 Å². The van der Waals surface area contributed by atoms with Crippen LogP contribution in [0.25, 0.3) is 0 Å². The molecule has 0 bridgehead atoms. The van der Waals surface area contributed by atoms with Crippen molar-refractivity contribution in [3.05, 3.63) is 23.4 Å². The zero-order chi connectivity index (χ0) is 15.2. The van der Waals surface area contributed by atoms with E-state index in [0.29, 0.717) is 5.92 Å². The minimum atomic E-state index is 0.695. The summed E-state index contributed by atoms with van der Waals surface area (Å²) >= 11 is 0. The molecule has 2 heterocycles. The molecule has 1 aromatic rings. The summed E-state index contributed by atoms with van der Waals surface area (Å²) in [4.78, 5) is 7.34. The molecule has 1 aliphatic heterocycles. The molecule has 2 rings (SSSR count). The Labute approximate surface area is 130 Å². The van der Waals surface area contributed by atoms with Gasteiger partial charge in [-0.05, 0) is 48.9 Å². The Morgan fingerprint density at radius 2 is 2.19 bits per heavy atom. The van der Waals surface area contributed by atoms with E-state index in [1.165, 1.54) is 23.5 Å². The molecule has 1 N–H and O–H groups in total. The molecule has 1 aliphatic rings.